The zero-order valence-corrected chi connectivity index (χ0v) is 21.1. The summed E-state index contributed by atoms with van der Waals surface area (Å²) in [4.78, 5) is 28.2. The summed E-state index contributed by atoms with van der Waals surface area (Å²) in [5.74, 6) is -0.521. The van der Waals surface area contributed by atoms with E-state index in [0.29, 0.717) is 48.8 Å². The van der Waals surface area contributed by atoms with E-state index >= 15 is 0 Å². The maximum Gasteiger partial charge on any atom is 0.295 e. The van der Waals surface area contributed by atoms with Gasteiger partial charge in [-0.05, 0) is 43.5 Å². The van der Waals surface area contributed by atoms with Crippen LogP contribution in [-0.2, 0) is 16.0 Å². The van der Waals surface area contributed by atoms with Gasteiger partial charge < -0.3 is 19.5 Å². The number of carbonyl (C=O) groups is 2. The van der Waals surface area contributed by atoms with Crippen molar-refractivity contribution in [1.82, 2.24) is 4.90 Å². The van der Waals surface area contributed by atoms with Crippen molar-refractivity contribution in [2.24, 2.45) is 0 Å². The second kappa shape index (κ2) is 11.6. The first-order chi connectivity index (χ1) is 17.9. The first kappa shape index (κ1) is 25.8. The van der Waals surface area contributed by atoms with Crippen LogP contribution in [0.4, 0.5) is 0 Å². The Morgan fingerprint density at radius 3 is 2.41 bits per heavy atom. The molecule has 6 heteroatoms. The van der Waals surface area contributed by atoms with Crippen LogP contribution in [0.3, 0.4) is 0 Å². The van der Waals surface area contributed by atoms with Gasteiger partial charge in [-0.1, -0.05) is 78.9 Å². The third-order valence-electron chi connectivity index (χ3n) is 6.29. The third kappa shape index (κ3) is 5.59. The number of ketones is 1. The van der Waals surface area contributed by atoms with Gasteiger partial charge in [-0.3, -0.25) is 9.59 Å². The van der Waals surface area contributed by atoms with Gasteiger partial charge >= 0.3 is 0 Å². The molecule has 190 valence electrons. The Kier molecular flexibility index (Phi) is 8.08. The number of aliphatic hydroxyl groups is 1. The van der Waals surface area contributed by atoms with Crippen molar-refractivity contribution in [1.29, 1.82) is 0 Å². The Morgan fingerprint density at radius 2 is 1.73 bits per heavy atom. The number of Topliss-reactive ketones (excluding diaryl/α,β-unsaturated/α-hetero) is 1. The van der Waals surface area contributed by atoms with Crippen molar-refractivity contribution >= 4 is 17.4 Å². The van der Waals surface area contributed by atoms with Crippen molar-refractivity contribution in [2.75, 3.05) is 19.8 Å². The lowest BCUT2D eigenvalue weighted by molar-refractivity contribution is -0.139. The highest BCUT2D eigenvalue weighted by Gasteiger charge is 2.46. The normalized spacial score (nSPS) is 16.6. The number of aliphatic hydroxyl groups excluding tert-OH is 1. The topological polar surface area (TPSA) is 76.1 Å². The highest BCUT2D eigenvalue weighted by atomic mass is 16.5. The van der Waals surface area contributed by atoms with Crippen molar-refractivity contribution in [3.05, 3.63) is 113 Å². The van der Waals surface area contributed by atoms with E-state index in [1.807, 2.05) is 56.3 Å². The molecule has 1 saturated heterocycles. The van der Waals surface area contributed by atoms with E-state index in [9.17, 15) is 14.7 Å². The van der Waals surface area contributed by atoms with Crippen LogP contribution in [0.2, 0.25) is 0 Å². The van der Waals surface area contributed by atoms with Gasteiger partial charge in [0, 0.05) is 12.1 Å². The molecule has 1 N–H and O–H groups in total. The number of hydrogen-bond acceptors (Lipinski definition) is 5. The quantitative estimate of drug-likeness (QED) is 0.170. The Bertz CT molecular complexity index is 1310. The second-order valence-corrected chi connectivity index (χ2v) is 8.83. The van der Waals surface area contributed by atoms with Crippen molar-refractivity contribution in [2.45, 2.75) is 26.3 Å². The number of benzene rings is 3. The van der Waals surface area contributed by atoms with Crippen LogP contribution in [0.25, 0.3) is 5.76 Å². The summed E-state index contributed by atoms with van der Waals surface area (Å²) in [6, 6.07) is 21.5. The maximum atomic E-state index is 13.3. The van der Waals surface area contributed by atoms with Crippen molar-refractivity contribution in [3.63, 3.8) is 0 Å². The number of carbonyl (C=O) groups excluding carboxylic acids is 2. The molecule has 0 bridgehead atoms. The lowest BCUT2D eigenvalue weighted by Crippen LogP contribution is -2.31. The minimum absolute atomic E-state index is 0.0594. The van der Waals surface area contributed by atoms with Gasteiger partial charge in [-0.2, -0.15) is 0 Å². The van der Waals surface area contributed by atoms with E-state index in [1.54, 1.807) is 36.4 Å². The van der Waals surface area contributed by atoms with E-state index < -0.39 is 17.7 Å². The van der Waals surface area contributed by atoms with Crippen LogP contribution >= 0.6 is 0 Å². The number of rotatable bonds is 10. The second-order valence-electron chi connectivity index (χ2n) is 8.83. The monoisotopic (exact) mass is 497 g/mol. The van der Waals surface area contributed by atoms with Gasteiger partial charge in [-0.25, -0.2) is 0 Å². The van der Waals surface area contributed by atoms with Gasteiger partial charge in [0.25, 0.3) is 11.7 Å². The molecule has 1 aliphatic heterocycles. The summed E-state index contributed by atoms with van der Waals surface area (Å²) in [7, 11) is 0. The van der Waals surface area contributed by atoms with Crippen LogP contribution < -0.4 is 9.47 Å². The Balaban J connectivity index is 1.81. The molecule has 1 fully saturated rings. The fraction of sp³-hybridized carbons (Fsp3) is 0.226. The first-order valence-corrected chi connectivity index (χ1v) is 12.3. The zero-order valence-electron chi connectivity index (χ0n) is 21.1. The summed E-state index contributed by atoms with van der Waals surface area (Å²) in [6.07, 6.45) is 2.21. The predicted octanol–water partition coefficient (Wildman–Crippen LogP) is 5.62. The number of likely N-dealkylation sites (tertiary alicyclic amines) is 1. The van der Waals surface area contributed by atoms with Gasteiger partial charge in [0.15, 0.2) is 11.5 Å². The molecule has 4 rings (SSSR count). The summed E-state index contributed by atoms with van der Waals surface area (Å²) in [5.41, 5.74) is 3.25. The summed E-state index contributed by atoms with van der Waals surface area (Å²) in [5, 5.41) is 11.3. The SMILES string of the molecule is C=CCOc1ccc(C2C(=C(O)c3ccc(C)cc3)C(=O)C(=O)N2CCc2ccccc2)cc1OCC. The summed E-state index contributed by atoms with van der Waals surface area (Å²) in [6.45, 7) is 8.52. The molecule has 1 unspecified atom stereocenters. The lowest BCUT2D eigenvalue weighted by Gasteiger charge is -2.26. The molecule has 0 aliphatic carbocycles. The van der Waals surface area contributed by atoms with Gasteiger partial charge in [0.1, 0.15) is 12.4 Å². The summed E-state index contributed by atoms with van der Waals surface area (Å²) < 4.78 is 11.6. The summed E-state index contributed by atoms with van der Waals surface area (Å²) >= 11 is 0. The highest BCUT2D eigenvalue weighted by Crippen LogP contribution is 2.42. The smallest absolute Gasteiger partial charge is 0.295 e. The standard InChI is InChI=1S/C31H31NO5/c1-4-19-37-25-16-15-24(20-26(25)36-5-2)28-27(29(33)23-13-11-21(3)12-14-23)30(34)31(35)32(28)18-17-22-9-7-6-8-10-22/h4,6-16,20,28,33H,1,5,17-19H2,2-3H3. The number of aryl methyl sites for hydroxylation is 1. The maximum absolute atomic E-state index is 13.3. The Morgan fingerprint density at radius 1 is 1.00 bits per heavy atom. The minimum Gasteiger partial charge on any atom is -0.507 e. The van der Waals surface area contributed by atoms with Crippen molar-refractivity contribution in [3.8, 4) is 11.5 Å². The van der Waals surface area contributed by atoms with E-state index in [4.69, 9.17) is 9.47 Å². The Hall–Kier alpha value is -4.32. The Labute approximate surface area is 217 Å². The number of hydrogen-bond donors (Lipinski definition) is 1. The molecule has 0 aromatic heterocycles. The first-order valence-electron chi connectivity index (χ1n) is 12.3. The van der Waals surface area contributed by atoms with Crippen LogP contribution in [-0.4, -0.2) is 41.5 Å². The molecule has 1 aliphatic rings. The third-order valence-corrected chi connectivity index (χ3v) is 6.29. The molecule has 3 aromatic rings. The molecule has 0 radical (unpaired) electrons. The fourth-order valence-electron chi connectivity index (χ4n) is 4.45. The lowest BCUT2D eigenvalue weighted by atomic mass is 9.94. The van der Waals surface area contributed by atoms with Crippen LogP contribution in [0.1, 0.15) is 35.2 Å². The number of nitrogens with zero attached hydrogens (tertiary/aromatic N) is 1. The number of ether oxygens (including phenoxy) is 2. The molecule has 1 heterocycles. The predicted molar refractivity (Wildman–Crippen MR) is 144 cm³/mol. The highest BCUT2D eigenvalue weighted by molar-refractivity contribution is 6.46. The minimum atomic E-state index is -0.780. The number of amides is 1. The van der Waals surface area contributed by atoms with Gasteiger partial charge in [0.2, 0.25) is 0 Å². The van der Waals surface area contributed by atoms with Crippen molar-refractivity contribution < 1.29 is 24.2 Å². The zero-order chi connectivity index (χ0) is 26.4. The molecule has 1 amide bonds. The van der Waals surface area contributed by atoms with E-state index in [1.165, 1.54) is 4.90 Å². The molecule has 6 nitrogen and oxygen atoms in total. The average molecular weight is 498 g/mol. The molecule has 0 spiro atoms. The molecular formula is C31H31NO5. The average Bonchev–Trinajstić information content (AvgIpc) is 3.17. The molecule has 0 saturated carbocycles. The van der Waals surface area contributed by atoms with Crippen LogP contribution in [0.15, 0.2) is 91.0 Å². The largest absolute Gasteiger partial charge is 0.507 e. The van der Waals surface area contributed by atoms with Crippen LogP contribution in [0, 0.1) is 6.92 Å². The fourth-order valence-corrected chi connectivity index (χ4v) is 4.45. The van der Waals surface area contributed by atoms with E-state index in [2.05, 4.69) is 6.58 Å². The van der Waals surface area contributed by atoms with Gasteiger partial charge in [-0.15, -0.1) is 0 Å². The van der Waals surface area contributed by atoms with E-state index in [0.717, 1.165) is 11.1 Å². The van der Waals surface area contributed by atoms with E-state index in [-0.39, 0.29) is 11.3 Å². The van der Waals surface area contributed by atoms with Crippen LogP contribution in [0.5, 0.6) is 11.5 Å². The van der Waals surface area contributed by atoms with Gasteiger partial charge in [0.05, 0.1) is 18.2 Å². The molecule has 37 heavy (non-hydrogen) atoms. The molecular weight excluding hydrogens is 466 g/mol. The molecule has 3 aromatic carbocycles. The molecule has 1 atom stereocenters.